The van der Waals surface area contributed by atoms with E-state index in [1.807, 2.05) is 12.1 Å². The summed E-state index contributed by atoms with van der Waals surface area (Å²) in [5, 5.41) is 5.01. The molecule has 0 aliphatic heterocycles. The average molecular weight is 244 g/mol. The highest BCUT2D eigenvalue weighted by Crippen LogP contribution is 2.28. The molecule has 2 rings (SSSR count). The summed E-state index contributed by atoms with van der Waals surface area (Å²) in [6.07, 6.45) is 3.92. The van der Waals surface area contributed by atoms with Crippen molar-refractivity contribution in [3.63, 3.8) is 0 Å². The van der Waals surface area contributed by atoms with Gasteiger partial charge in [-0.05, 0) is 37.5 Å². The molecule has 1 saturated carbocycles. The Morgan fingerprint density at radius 2 is 2.07 bits per heavy atom. The lowest BCUT2D eigenvalue weighted by Gasteiger charge is -2.30. The number of halogens is 2. The van der Waals surface area contributed by atoms with E-state index in [9.17, 15) is 0 Å². The molecular weight excluding hydrogens is 229 g/mol. The zero-order valence-corrected chi connectivity index (χ0v) is 10.3. The Hall–Kier alpha value is -0.240. The van der Waals surface area contributed by atoms with Crippen molar-refractivity contribution in [2.45, 2.75) is 38.3 Å². The molecule has 0 saturated heterocycles. The first-order valence-corrected chi connectivity index (χ1v) is 6.13. The van der Waals surface area contributed by atoms with Crippen molar-refractivity contribution >= 4 is 23.2 Å². The second kappa shape index (κ2) is 4.73. The first-order chi connectivity index (χ1) is 7.16. The van der Waals surface area contributed by atoms with Gasteiger partial charge < -0.3 is 5.32 Å². The van der Waals surface area contributed by atoms with Crippen molar-refractivity contribution in [3.05, 3.63) is 33.8 Å². The average Bonchev–Trinajstić information content (AvgIpc) is 2.11. The maximum absolute atomic E-state index is 6.14. The summed E-state index contributed by atoms with van der Waals surface area (Å²) in [6.45, 7) is 2.15. The van der Waals surface area contributed by atoms with E-state index >= 15 is 0 Å². The minimum absolute atomic E-state index is 0.306. The summed E-state index contributed by atoms with van der Waals surface area (Å²) in [4.78, 5) is 0. The van der Waals surface area contributed by atoms with Gasteiger partial charge in [-0.25, -0.2) is 0 Å². The van der Waals surface area contributed by atoms with E-state index in [-0.39, 0.29) is 0 Å². The largest absolute Gasteiger partial charge is 0.307 e. The summed E-state index contributed by atoms with van der Waals surface area (Å²) in [7, 11) is 0. The van der Waals surface area contributed by atoms with Gasteiger partial charge in [0.2, 0.25) is 0 Å². The molecule has 1 aliphatic rings. The molecule has 3 heteroatoms. The summed E-state index contributed by atoms with van der Waals surface area (Å²) in [6, 6.07) is 6.67. The van der Waals surface area contributed by atoms with E-state index in [1.165, 1.54) is 19.3 Å². The third-order valence-corrected chi connectivity index (χ3v) is 3.58. The molecular formula is C12H15Cl2N. The molecule has 0 aromatic heterocycles. The molecule has 0 radical (unpaired) electrons. The molecule has 15 heavy (non-hydrogen) atoms. The molecule has 0 spiro atoms. The Balaban J connectivity index is 2.06. The SMILES string of the molecule is C[C@@H](NC1CCC1)c1ccc(Cl)cc1Cl. The van der Waals surface area contributed by atoms with Crippen molar-refractivity contribution in [3.8, 4) is 0 Å². The first-order valence-electron chi connectivity index (χ1n) is 5.38. The van der Waals surface area contributed by atoms with Crippen LogP contribution in [0.1, 0.15) is 37.8 Å². The van der Waals surface area contributed by atoms with Gasteiger partial charge in [0.05, 0.1) is 0 Å². The molecule has 0 bridgehead atoms. The normalized spacial score (nSPS) is 18.6. The second-order valence-electron chi connectivity index (χ2n) is 4.18. The van der Waals surface area contributed by atoms with Crippen molar-refractivity contribution < 1.29 is 0 Å². The summed E-state index contributed by atoms with van der Waals surface area (Å²) in [5.74, 6) is 0. The highest BCUT2D eigenvalue weighted by Gasteiger charge is 2.20. The maximum atomic E-state index is 6.14. The summed E-state index contributed by atoms with van der Waals surface area (Å²) < 4.78 is 0. The lowest BCUT2D eigenvalue weighted by atomic mass is 9.92. The smallest absolute Gasteiger partial charge is 0.0468 e. The zero-order chi connectivity index (χ0) is 10.8. The van der Waals surface area contributed by atoms with E-state index in [0.717, 1.165) is 10.6 Å². The van der Waals surface area contributed by atoms with Gasteiger partial charge in [0, 0.05) is 22.1 Å². The molecule has 1 fully saturated rings. The van der Waals surface area contributed by atoms with E-state index in [1.54, 1.807) is 6.07 Å². The summed E-state index contributed by atoms with van der Waals surface area (Å²) >= 11 is 12.0. The molecule has 1 aromatic rings. The van der Waals surface area contributed by atoms with E-state index in [2.05, 4.69) is 12.2 Å². The minimum Gasteiger partial charge on any atom is -0.307 e. The molecule has 1 N–H and O–H groups in total. The maximum Gasteiger partial charge on any atom is 0.0468 e. The van der Waals surface area contributed by atoms with E-state index < -0.39 is 0 Å². The van der Waals surface area contributed by atoms with Crippen LogP contribution in [0.4, 0.5) is 0 Å². The predicted octanol–water partition coefficient (Wildman–Crippen LogP) is 4.20. The molecule has 1 nitrogen and oxygen atoms in total. The molecule has 1 aromatic carbocycles. The van der Waals surface area contributed by atoms with Crippen LogP contribution in [0.2, 0.25) is 10.0 Å². The van der Waals surface area contributed by atoms with Crippen LogP contribution in [0.25, 0.3) is 0 Å². The van der Waals surface area contributed by atoms with Crippen molar-refractivity contribution in [1.82, 2.24) is 5.32 Å². The van der Waals surface area contributed by atoms with E-state index in [0.29, 0.717) is 17.1 Å². The van der Waals surface area contributed by atoms with Crippen molar-refractivity contribution in [1.29, 1.82) is 0 Å². The quantitative estimate of drug-likeness (QED) is 0.840. The molecule has 0 heterocycles. The molecule has 1 aliphatic carbocycles. The number of benzene rings is 1. The lowest BCUT2D eigenvalue weighted by molar-refractivity contribution is 0.313. The third-order valence-electron chi connectivity index (χ3n) is 3.02. The first kappa shape index (κ1) is 11.3. The fourth-order valence-corrected chi connectivity index (χ4v) is 2.44. The third kappa shape index (κ3) is 2.66. The Labute approximate surface area is 101 Å². The highest BCUT2D eigenvalue weighted by molar-refractivity contribution is 6.35. The van der Waals surface area contributed by atoms with Gasteiger partial charge in [-0.2, -0.15) is 0 Å². The van der Waals surface area contributed by atoms with Gasteiger partial charge in [0.1, 0.15) is 0 Å². The fourth-order valence-electron chi connectivity index (χ4n) is 1.87. The van der Waals surface area contributed by atoms with Gasteiger partial charge in [0.15, 0.2) is 0 Å². The van der Waals surface area contributed by atoms with Crippen LogP contribution in [-0.2, 0) is 0 Å². The van der Waals surface area contributed by atoms with Gasteiger partial charge >= 0.3 is 0 Å². The molecule has 0 unspecified atom stereocenters. The highest BCUT2D eigenvalue weighted by atomic mass is 35.5. The Morgan fingerprint density at radius 3 is 2.60 bits per heavy atom. The van der Waals surface area contributed by atoms with Crippen molar-refractivity contribution in [2.24, 2.45) is 0 Å². The number of hydrogen-bond donors (Lipinski definition) is 1. The van der Waals surface area contributed by atoms with Crippen LogP contribution in [-0.4, -0.2) is 6.04 Å². The van der Waals surface area contributed by atoms with Gasteiger partial charge in [0.25, 0.3) is 0 Å². The zero-order valence-electron chi connectivity index (χ0n) is 8.76. The number of rotatable bonds is 3. The second-order valence-corrected chi connectivity index (χ2v) is 5.03. The number of nitrogens with one attached hydrogen (secondary N) is 1. The topological polar surface area (TPSA) is 12.0 Å². The Kier molecular flexibility index (Phi) is 3.55. The minimum atomic E-state index is 0.306. The van der Waals surface area contributed by atoms with Crippen LogP contribution in [0.5, 0.6) is 0 Å². The molecule has 1 atom stereocenters. The monoisotopic (exact) mass is 243 g/mol. The van der Waals surface area contributed by atoms with Crippen molar-refractivity contribution in [2.75, 3.05) is 0 Å². The Bertz CT molecular complexity index is 347. The lowest BCUT2D eigenvalue weighted by Crippen LogP contribution is -2.36. The van der Waals surface area contributed by atoms with Crippen LogP contribution < -0.4 is 5.32 Å². The standard InChI is InChI=1S/C12H15Cl2N/c1-8(15-10-3-2-4-10)11-6-5-9(13)7-12(11)14/h5-8,10,15H,2-4H2,1H3/t8-/m1/s1. The summed E-state index contributed by atoms with van der Waals surface area (Å²) in [5.41, 5.74) is 1.13. The van der Waals surface area contributed by atoms with Crippen LogP contribution in [0.3, 0.4) is 0 Å². The van der Waals surface area contributed by atoms with Crippen LogP contribution in [0, 0.1) is 0 Å². The fraction of sp³-hybridized carbons (Fsp3) is 0.500. The predicted molar refractivity (Wildman–Crippen MR) is 65.7 cm³/mol. The van der Waals surface area contributed by atoms with Crippen LogP contribution >= 0.6 is 23.2 Å². The Morgan fingerprint density at radius 1 is 1.33 bits per heavy atom. The van der Waals surface area contributed by atoms with E-state index in [4.69, 9.17) is 23.2 Å². The number of hydrogen-bond acceptors (Lipinski definition) is 1. The van der Waals surface area contributed by atoms with Gasteiger partial charge in [-0.3, -0.25) is 0 Å². The molecule has 0 amide bonds. The van der Waals surface area contributed by atoms with Crippen LogP contribution in [0.15, 0.2) is 18.2 Å². The molecule has 82 valence electrons. The van der Waals surface area contributed by atoms with Gasteiger partial charge in [-0.15, -0.1) is 0 Å². The van der Waals surface area contributed by atoms with Gasteiger partial charge in [-0.1, -0.05) is 35.7 Å².